The number of amides is 1. The molecule has 1 N–H and O–H groups in total. The Balaban J connectivity index is 2.03. The molecule has 196 valence electrons. The molecular weight excluding hydrogens is 496 g/mol. The molecule has 0 fully saturated rings. The average molecular weight is 527 g/mol. The largest absolute Gasteiger partial charge is 0.493 e. The number of hydrogen-bond acceptors (Lipinski definition) is 7. The predicted molar refractivity (Wildman–Crippen MR) is 141 cm³/mol. The Morgan fingerprint density at radius 1 is 0.838 bits per heavy atom. The van der Waals surface area contributed by atoms with Gasteiger partial charge in [0.15, 0.2) is 11.5 Å². The van der Waals surface area contributed by atoms with Gasteiger partial charge in [0.2, 0.25) is 5.91 Å². The molecule has 0 aliphatic rings. The third-order valence-electron chi connectivity index (χ3n) is 5.66. The maximum atomic E-state index is 13.8. The van der Waals surface area contributed by atoms with Gasteiger partial charge in [0.25, 0.3) is 10.0 Å². The summed E-state index contributed by atoms with van der Waals surface area (Å²) in [5.74, 6) is -0.529. The van der Waals surface area contributed by atoms with E-state index in [0.717, 1.165) is 15.4 Å². The number of sulfonamides is 1. The summed E-state index contributed by atoms with van der Waals surface area (Å²) >= 11 is 0. The molecule has 0 aliphatic carbocycles. The Hall–Kier alpha value is -4.05. The summed E-state index contributed by atoms with van der Waals surface area (Å²) in [4.78, 5) is 25.1. The minimum Gasteiger partial charge on any atom is -0.493 e. The summed E-state index contributed by atoms with van der Waals surface area (Å²) in [6, 6.07) is 14.3. The highest BCUT2D eigenvalue weighted by molar-refractivity contribution is 7.92. The van der Waals surface area contributed by atoms with Crippen LogP contribution in [0.3, 0.4) is 0 Å². The van der Waals surface area contributed by atoms with Crippen LogP contribution in [0.25, 0.3) is 0 Å². The molecule has 1 amide bonds. The lowest BCUT2D eigenvalue weighted by atomic mass is 10.1. The van der Waals surface area contributed by atoms with Crippen LogP contribution in [0, 0.1) is 20.8 Å². The van der Waals surface area contributed by atoms with E-state index in [0.29, 0.717) is 22.7 Å². The number of nitrogens with zero attached hydrogens (tertiary/aromatic N) is 1. The van der Waals surface area contributed by atoms with Crippen LogP contribution in [-0.2, 0) is 19.6 Å². The maximum absolute atomic E-state index is 13.8. The number of benzene rings is 3. The number of rotatable bonds is 9. The number of methoxy groups -OCH3 is 3. The molecule has 0 unspecified atom stereocenters. The summed E-state index contributed by atoms with van der Waals surface area (Å²) in [5, 5.41) is 2.73. The van der Waals surface area contributed by atoms with Crippen LogP contribution < -0.4 is 19.1 Å². The van der Waals surface area contributed by atoms with Gasteiger partial charge in [0.1, 0.15) is 6.54 Å². The van der Waals surface area contributed by atoms with Gasteiger partial charge in [0, 0.05) is 11.8 Å². The van der Waals surface area contributed by atoms with Crippen molar-refractivity contribution in [3.63, 3.8) is 0 Å². The van der Waals surface area contributed by atoms with E-state index in [9.17, 15) is 18.0 Å². The second-order valence-corrected chi connectivity index (χ2v) is 10.3. The average Bonchev–Trinajstić information content (AvgIpc) is 2.86. The molecule has 0 heterocycles. The molecule has 0 aliphatic heterocycles. The molecule has 0 radical (unpaired) electrons. The predicted octanol–water partition coefficient (Wildman–Crippen LogP) is 4.25. The molecule has 3 aromatic rings. The molecule has 0 atom stereocenters. The lowest BCUT2D eigenvalue weighted by Crippen LogP contribution is -2.38. The van der Waals surface area contributed by atoms with Crippen molar-refractivity contribution in [3.05, 3.63) is 76.9 Å². The fourth-order valence-electron chi connectivity index (χ4n) is 3.84. The van der Waals surface area contributed by atoms with Crippen molar-refractivity contribution in [1.82, 2.24) is 0 Å². The van der Waals surface area contributed by atoms with E-state index < -0.39 is 28.4 Å². The minimum atomic E-state index is -4.21. The first-order valence-electron chi connectivity index (χ1n) is 11.3. The van der Waals surface area contributed by atoms with Gasteiger partial charge in [-0.05, 0) is 73.9 Å². The zero-order chi connectivity index (χ0) is 27.3. The number of nitrogens with one attached hydrogen (secondary N) is 1. The molecule has 0 saturated heterocycles. The SMILES string of the molecule is COC(=O)c1ccc(C)c(NC(=O)CN(c2cc(C)cc(C)c2)S(=O)(=O)c2ccc(OC)c(OC)c2)c1. The molecule has 3 aromatic carbocycles. The Kier molecular flexibility index (Phi) is 8.44. The first kappa shape index (κ1) is 27.5. The zero-order valence-corrected chi connectivity index (χ0v) is 22.4. The van der Waals surface area contributed by atoms with Gasteiger partial charge in [0.05, 0.1) is 37.5 Å². The van der Waals surface area contributed by atoms with E-state index in [-0.39, 0.29) is 16.2 Å². The fourth-order valence-corrected chi connectivity index (χ4v) is 5.26. The molecule has 0 saturated carbocycles. The Morgan fingerprint density at radius 2 is 1.49 bits per heavy atom. The van der Waals surface area contributed by atoms with Crippen LogP contribution in [0.4, 0.5) is 11.4 Å². The second-order valence-electron chi connectivity index (χ2n) is 8.44. The number of anilines is 2. The molecule has 10 heteroatoms. The van der Waals surface area contributed by atoms with Crippen molar-refractivity contribution in [2.24, 2.45) is 0 Å². The van der Waals surface area contributed by atoms with Crippen molar-refractivity contribution >= 4 is 33.3 Å². The topological polar surface area (TPSA) is 111 Å². The van der Waals surface area contributed by atoms with Gasteiger partial charge >= 0.3 is 5.97 Å². The van der Waals surface area contributed by atoms with Crippen LogP contribution in [0.15, 0.2) is 59.5 Å². The number of esters is 1. The standard InChI is InChI=1S/C27H30N2O7S/c1-17-11-18(2)13-21(12-17)29(37(32,33)22-9-10-24(34-4)25(15-22)35-5)16-26(30)28-23-14-20(27(31)36-6)8-7-19(23)3/h7-15H,16H2,1-6H3,(H,28,30). The van der Waals surface area contributed by atoms with Gasteiger partial charge in [-0.1, -0.05) is 12.1 Å². The number of carbonyl (C=O) groups is 2. The smallest absolute Gasteiger partial charge is 0.337 e. The third kappa shape index (κ3) is 6.21. The van der Waals surface area contributed by atoms with Crippen LogP contribution >= 0.6 is 0 Å². The van der Waals surface area contributed by atoms with Crippen molar-refractivity contribution in [3.8, 4) is 11.5 Å². The summed E-state index contributed by atoms with van der Waals surface area (Å²) in [7, 11) is -0.0757. The van der Waals surface area contributed by atoms with Crippen LogP contribution in [0.1, 0.15) is 27.0 Å². The summed E-state index contributed by atoms with van der Waals surface area (Å²) in [6.45, 7) is 4.94. The van der Waals surface area contributed by atoms with Gasteiger partial charge in [-0.3, -0.25) is 9.10 Å². The van der Waals surface area contributed by atoms with E-state index in [1.165, 1.54) is 45.6 Å². The van der Waals surface area contributed by atoms with E-state index in [4.69, 9.17) is 14.2 Å². The van der Waals surface area contributed by atoms with Crippen molar-refractivity contribution < 1.29 is 32.2 Å². The number of aryl methyl sites for hydroxylation is 3. The first-order valence-corrected chi connectivity index (χ1v) is 12.8. The number of carbonyl (C=O) groups excluding carboxylic acids is 2. The van der Waals surface area contributed by atoms with E-state index in [2.05, 4.69) is 5.32 Å². The number of hydrogen-bond donors (Lipinski definition) is 1. The highest BCUT2D eigenvalue weighted by Gasteiger charge is 2.29. The Labute approximate surface area is 217 Å². The van der Waals surface area contributed by atoms with Gasteiger partial charge in [-0.15, -0.1) is 0 Å². The monoisotopic (exact) mass is 526 g/mol. The third-order valence-corrected chi connectivity index (χ3v) is 7.43. The quantitative estimate of drug-likeness (QED) is 0.415. The van der Waals surface area contributed by atoms with Crippen molar-refractivity contribution in [2.45, 2.75) is 25.7 Å². The Bertz CT molecular complexity index is 1410. The van der Waals surface area contributed by atoms with E-state index in [1.54, 1.807) is 31.2 Å². The Morgan fingerprint density at radius 3 is 2.08 bits per heavy atom. The van der Waals surface area contributed by atoms with Crippen molar-refractivity contribution in [1.29, 1.82) is 0 Å². The summed E-state index contributed by atoms with van der Waals surface area (Å²) in [5.41, 5.74) is 3.34. The van der Waals surface area contributed by atoms with E-state index in [1.807, 2.05) is 19.9 Å². The highest BCUT2D eigenvalue weighted by Crippen LogP contribution is 2.33. The fraction of sp³-hybridized carbons (Fsp3) is 0.259. The lowest BCUT2D eigenvalue weighted by Gasteiger charge is -2.25. The molecule has 0 bridgehead atoms. The molecule has 37 heavy (non-hydrogen) atoms. The van der Waals surface area contributed by atoms with Gasteiger partial charge in [-0.2, -0.15) is 0 Å². The molecular formula is C27H30N2O7S. The summed E-state index contributed by atoms with van der Waals surface area (Å²) < 4.78 is 44.0. The normalized spacial score (nSPS) is 11.0. The van der Waals surface area contributed by atoms with Crippen LogP contribution in [0.5, 0.6) is 11.5 Å². The zero-order valence-electron chi connectivity index (χ0n) is 21.6. The minimum absolute atomic E-state index is 0.0685. The highest BCUT2D eigenvalue weighted by atomic mass is 32.2. The van der Waals surface area contributed by atoms with Crippen LogP contribution in [0.2, 0.25) is 0 Å². The van der Waals surface area contributed by atoms with Crippen LogP contribution in [-0.4, -0.2) is 48.2 Å². The molecule has 0 spiro atoms. The lowest BCUT2D eigenvalue weighted by molar-refractivity contribution is -0.114. The van der Waals surface area contributed by atoms with Crippen molar-refractivity contribution in [2.75, 3.05) is 37.5 Å². The van der Waals surface area contributed by atoms with Gasteiger partial charge in [-0.25, -0.2) is 13.2 Å². The van der Waals surface area contributed by atoms with Gasteiger partial charge < -0.3 is 19.5 Å². The first-order chi connectivity index (χ1) is 17.5. The maximum Gasteiger partial charge on any atom is 0.337 e. The van der Waals surface area contributed by atoms with E-state index >= 15 is 0 Å². The summed E-state index contributed by atoms with van der Waals surface area (Å²) in [6.07, 6.45) is 0. The molecule has 3 rings (SSSR count). The number of ether oxygens (including phenoxy) is 3. The molecule has 0 aromatic heterocycles. The molecule has 9 nitrogen and oxygen atoms in total. The second kappa shape index (κ2) is 11.3.